The Balaban J connectivity index is 1.83. The molecular weight excluding hydrogens is 335 g/mol. The molecule has 1 saturated carbocycles. The van der Waals surface area contributed by atoms with Crippen LogP contribution in [0.5, 0.6) is 0 Å². The molecule has 1 fully saturated rings. The first-order valence-electron chi connectivity index (χ1n) is 6.81. The van der Waals surface area contributed by atoms with E-state index < -0.39 is 0 Å². The van der Waals surface area contributed by atoms with Gasteiger partial charge < -0.3 is 4.90 Å². The lowest BCUT2D eigenvalue weighted by Crippen LogP contribution is -2.33. The fourth-order valence-corrected chi connectivity index (χ4v) is 2.66. The highest BCUT2D eigenvalue weighted by Gasteiger charge is 2.33. The molecule has 1 aromatic heterocycles. The molecule has 0 unspecified atom stereocenters. The summed E-state index contributed by atoms with van der Waals surface area (Å²) in [6, 6.07) is 10.1. The Labute approximate surface area is 130 Å². The minimum absolute atomic E-state index is 0.0400. The zero-order valence-electron chi connectivity index (χ0n) is 11.3. The Morgan fingerprint density at radius 3 is 2.62 bits per heavy atom. The first-order chi connectivity index (χ1) is 10.1. The average molecular weight is 349 g/mol. The molecule has 0 aliphatic heterocycles. The molecule has 108 valence electrons. The van der Waals surface area contributed by atoms with Crippen LogP contribution < -0.4 is 0 Å². The largest absolute Gasteiger partial charge is 0.331 e. The number of nitrogens with zero attached hydrogens (tertiary/aromatic N) is 2. The molecule has 3 nitrogen and oxygen atoms in total. The van der Waals surface area contributed by atoms with Crippen molar-refractivity contribution in [2.75, 3.05) is 0 Å². The molecule has 2 aromatic rings. The lowest BCUT2D eigenvalue weighted by atomic mass is 10.2. The highest BCUT2D eigenvalue weighted by atomic mass is 79.9. The zero-order chi connectivity index (χ0) is 14.8. The van der Waals surface area contributed by atoms with Gasteiger partial charge in [-0.05, 0) is 58.6 Å². The summed E-state index contributed by atoms with van der Waals surface area (Å²) in [6.45, 7) is 0.491. The molecule has 21 heavy (non-hydrogen) atoms. The third-order valence-corrected chi connectivity index (χ3v) is 4.14. The summed E-state index contributed by atoms with van der Waals surface area (Å²) >= 11 is 3.32. The molecule has 0 spiro atoms. The number of carbonyl (C=O) groups is 1. The second kappa shape index (κ2) is 5.93. The van der Waals surface area contributed by atoms with E-state index in [4.69, 9.17) is 0 Å². The number of rotatable bonds is 4. The summed E-state index contributed by atoms with van der Waals surface area (Å²) in [4.78, 5) is 18.6. The van der Waals surface area contributed by atoms with E-state index in [0.29, 0.717) is 16.7 Å². The Hall–Kier alpha value is -1.75. The molecule has 1 heterocycles. The van der Waals surface area contributed by atoms with Crippen LogP contribution >= 0.6 is 15.9 Å². The molecule has 0 bridgehead atoms. The highest BCUT2D eigenvalue weighted by Crippen LogP contribution is 2.30. The molecule has 3 rings (SSSR count). The van der Waals surface area contributed by atoms with Crippen molar-refractivity contribution in [3.8, 4) is 0 Å². The highest BCUT2D eigenvalue weighted by molar-refractivity contribution is 9.10. The van der Waals surface area contributed by atoms with Gasteiger partial charge in [0.15, 0.2) is 0 Å². The molecule has 1 amide bonds. The minimum Gasteiger partial charge on any atom is -0.331 e. The van der Waals surface area contributed by atoms with Crippen molar-refractivity contribution in [2.24, 2.45) is 0 Å². The normalized spacial score (nSPS) is 14.0. The fourth-order valence-electron chi connectivity index (χ4n) is 2.24. The van der Waals surface area contributed by atoms with Crippen molar-refractivity contribution in [3.63, 3.8) is 0 Å². The third-order valence-electron chi connectivity index (χ3n) is 3.50. The second-order valence-corrected chi connectivity index (χ2v) is 5.88. The number of aromatic nitrogens is 1. The standard InChI is InChI=1S/C16H14BrFN2O/c17-15-14(2-1-9-19-15)16(21)20(13-7-8-13)10-11-3-5-12(18)6-4-11/h1-6,9,13H,7-8,10H2. The summed E-state index contributed by atoms with van der Waals surface area (Å²) in [6.07, 6.45) is 3.68. The van der Waals surface area contributed by atoms with Gasteiger partial charge in [0.05, 0.1) is 5.56 Å². The maximum absolute atomic E-state index is 13.0. The van der Waals surface area contributed by atoms with Gasteiger partial charge in [0.1, 0.15) is 10.4 Å². The Morgan fingerprint density at radius 2 is 2.00 bits per heavy atom. The number of benzene rings is 1. The number of pyridine rings is 1. The van der Waals surface area contributed by atoms with Gasteiger partial charge in [-0.15, -0.1) is 0 Å². The van der Waals surface area contributed by atoms with Gasteiger partial charge in [-0.1, -0.05) is 12.1 Å². The van der Waals surface area contributed by atoms with Gasteiger partial charge in [-0.25, -0.2) is 9.37 Å². The Morgan fingerprint density at radius 1 is 1.29 bits per heavy atom. The van der Waals surface area contributed by atoms with E-state index >= 15 is 0 Å². The van der Waals surface area contributed by atoms with Gasteiger partial charge in [-0.2, -0.15) is 0 Å². The Bertz CT molecular complexity index is 656. The quantitative estimate of drug-likeness (QED) is 0.787. The van der Waals surface area contributed by atoms with E-state index in [0.717, 1.165) is 18.4 Å². The second-order valence-electron chi connectivity index (χ2n) is 5.13. The number of halogens is 2. The van der Waals surface area contributed by atoms with Crippen LogP contribution in [-0.2, 0) is 6.54 Å². The van der Waals surface area contributed by atoms with E-state index in [9.17, 15) is 9.18 Å². The summed E-state index contributed by atoms with van der Waals surface area (Å²) < 4.78 is 13.5. The van der Waals surface area contributed by atoms with Crippen LogP contribution in [0, 0.1) is 5.82 Å². The van der Waals surface area contributed by atoms with E-state index in [2.05, 4.69) is 20.9 Å². The van der Waals surface area contributed by atoms with E-state index in [1.807, 2.05) is 4.90 Å². The summed E-state index contributed by atoms with van der Waals surface area (Å²) in [5, 5.41) is 0. The Kier molecular flexibility index (Phi) is 4.01. The van der Waals surface area contributed by atoms with Gasteiger partial charge in [-0.3, -0.25) is 4.79 Å². The predicted molar refractivity (Wildman–Crippen MR) is 81.2 cm³/mol. The molecule has 5 heteroatoms. The lowest BCUT2D eigenvalue weighted by molar-refractivity contribution is 0.0728. The van der Waals surface area contributed by atoms with Crippen molar-refractivity contribution >= 4 is 21.8 Å². The predicted octanol–water partition coefficient (Wildman–Crippen LogP) is 3.79. The molecule has 1 aliphatic carbocycles. The van der Waals surface area contributed by atoms with Gasteiger partial charge in [0.25, 0.3) is 5.91 Å². The van der Waals surface area contributed by atoms with Crippen LogP contribution in [0.25, 0.3) is 0 Å². The molecule has 0 atom stereocenters. The van der Waals surface area contributed by atoms with Crippen LogP contribution in [0.2, 0.25) is 0 Å². The monoisotopic (exact) mass is 348 g/mol. The summed E-state index contributed by atoms with van der Waals surface area (Å²) in [5.74, 6) is -0.306. The third kappa shape index (κ3) is 3.29. The maximum atomic E-state index is 13.0. The molecule has 0 N–H and O–H groups in total. The van der Waals surface area contributed by atoms with Crippen LogP contribution in [-0.4, -0.2) is 21.8 Å². The minimum atomic E-state index is -0.266. The van der Waals surface area contributed by atoms with Crippen LogP contribution in [0.4, 0.5) is 4.39 Å². The molecule has 1 aliphatic rings. The smallest absolute Gasteiger partial charge is 0.257 e. The van der Waals surface area contributed by atoms with Crippen molar-refractivity contribution in [3.05, 3.63) is 64.1 Å². The SMILES string of the molecule is O=C(c1cccnc1Br)N(Cc1ccc(F)cc1)C1CC1. The van der Waals surface area contributed by atoms with Gasteiger partial charge in [0, 0.05) is 18.8 Å². The lowest BCUT2D eigenvalue weighted by Gasteiger charge is -2.23. The topological polar surface area (TPSA) is 33.2 Å². The molecular formula is C16H14BrFN2O. The van der Waals surface area contributed by atoms with Crippen LogP contribution in [0.3, 0.4) is 0 Å². The fraction of sp³-hybridized carbons (Fsp3) is 0.250. The van der Waals surface area contributed by atoms with Crippen molar-refractivity contribution in [1.82, 2.24) is 9.88 Å². The van der Waals surface area contributed by atoms with Crippen LogP contribution in [0.15, 0.2) is 47.2 Å². The van der Waals surface area contributed by atoms with E-state index in [1.165, 1.54) is 12.1 Å². The van der Waals surface area contributed by atoms with Crippen molar-refractivity contribution < 1.29 is 9.18 Å². The van der Waals surface area contributed by atoms with Gasteiger partial charge in [0.2, 0.25) is 0 Å². The van der Waals surface area contributed by atoms with E-state index in [-0.39, 0.29) is 17.8 Å². The number of amides is 1. The zero-order valence-corrected chi connectivity index (χ0v) is 12.9. The number of hydrogen-bond donors (Lipinski definition) is 0. The van der Waals surface area contributed by atoms with Crippen molar-refractivity contribution in [2.45, 2.75) is 25.4 Å². The average Bonchev–Trinajstić information content (AvgIpc) is 3.31. The molecule has 0 saturated heterocycles. The molecule has 1 aromatic carbocycles. The first-order valence-corrected chi connectivity index (χ1v) is 7.60. The van der Waals surface area contributed by atoms with Crippen LogP contribution in [0.1, 0.15) is 28.8 Å². The van der Waals surface area contributed by atoms with E-state index in [1.54, 1.807) is 30.5 Å². The number of hydrogen-bond acceptors (Lipinski definition) is 2. The van der Waals surface area contributed by atoms with Gasteiger partial charge >= 0.3 is 0 Å². The maximum Gasteiger partial charge on any atom is 0.257 e. The summed E-state index contributed by atoms with van der Waals surface area (Å²) in [5.41, 5.74) is 1.49. The number of carbonyl (C=O) groups excluding carboxylic acids is 1. The van der Waals surface area contributed by atoms with Crippen molar-refractivity contribution in [1.29, 1.82) is 0 Å². The molecule has 0 radical (unpaired) electrons. The summed E-state index contributed by atoms with van der Waals surface area (Å²) in [7, 11) is 0. The first kappa shape index (κ1) is 14.2.